The van der Waals surface area contributed by atoms with Crippen molar-refractivity contribution >= 4 is 5.97 Å². The van der Waals surface area contributed by atoms with Gasteiger partial charge in [-0.3, -0.25) is 4.84 Å². The van der Waals surface area contributed by atoms with E-state index in [-0.39, 0.29) is 12.0 Å². The Morgan fingerprint density at radius 3 is 3.13 bits per heavy atom. The Morgan fingerprint density at radius 2 is 2.53 bits per heavy atom. The van der Waals surface area contributed by atoms with Crippen LogP contribution in [0.4, 0.5) is 0 Å². The van der Waals surface area contributed by atoms with Gasteiger partial charge >= 0.3 is 5.97 Å². The van der Waals surface area contributed by atoms with E-state index in [1.165, 1.54) is 12.7 Å². The summed E-state index contributed by atoms with van der Waals surface area (Å²) >= 11 is 0. The zero-order valence-corrected chi connectivity index (χ0v) is 8.84. The van der Waals surface area contributed by atoms with Gasteiger partial charge in [-0.05, 0) is 6.42 Å². The molecule has 15 heavy (non-hydrogen) atoms. The molecule has 4 nitrogen and oxygen atoms in total. The molecule has 4 heteroatoms. The molecule has 1 aliphatic heterocycles. The van der Waals surface area contributed by atoms with Crippen molar-refractivity contribution in [3.63, 3.8) is 0 Å². The van der Waals surface area contributed by atoms with E-state index in [9.17, 15) is 4.79 Å². The molecule has 1 saturated heterocycles. The maximum Gasteiger partial charge on any atom is 0.337 e. The first-order valence-corrected chi connectivity index (χ1v) is 4.91. The SMILES string of the molecule is COC(=O)[C@H]1C[C@@H](c2cc[cH-]c2)N(C)O1. The highest BCUT2D eigenvalue weighted by atomic mass is 16.7. The van der Waals surface area contributed by atoms with E-state index >= 15 is 0 Å². The van der Waals surface area contributed by atoms with Crippen LogP contribution in [0.5, 0.6) is 0 Å². The minimum Gasteiger partial charge on any atom is -0.467 e. The second kappa shape index (κ2) is 4.08. The fourth-order valence-corrected chi connectivity index (χ4v) is 1.90. The van der Waals surface area contributed by atoms with Crippen LogP contribution in [-0.2, 0) is 14.4 Å². The van der Waals surface area contributed by atoms with Gasteiger partial charge < -0.3 is 4.74 Å². The van der Waals surface area contributed by atoms with Crippen molar-refractivity contribution in [3.05, 3.63) is 29.8 Å². The van der Waals surface area contributed by atoms with E-state index in [4.69, 9.17) is 4.84 Å². The maximum atomic E-state index is 11.3. The fraction of sp³-hybridized carbons (Fsp3) is 0.455. The molecular weight excluding hydrogens is 194 g/mol. The predicted molar refractivity (Wildman–Crippen MR) is 54.0 cm³/mol. The molecule has 0 amide bonds. The number of nitrogens with zero attached hydrogens (tertiary/aromatic N) is 1. The Balaban J connectivity index is 2.08. The van der Waals surface area contributed by atoms with E-state index in [1.54, 1.807) is 5.06 Å². The van der Waals surface area contributed by atoms with Gasteiger partial charge in [-0.2, -0.15) is 28.8 Å². The largest absolute Gasteiger partial charge is 0.467 e. The molecule has 2 atom stereocenters. The van der Waals surface area contributed by atoms with Gasteiger partial charge in [0, 0.05) is 13.1 Å². The minimum absolute atomic E-state index is 0.143. The van der Waals surface area contributed by atoms with Crippen molar-refractivity contribution in [3.8, 4) is 0 Å². The summed E-state index contributed by atoms with van der Waals surface area (Å²) in [7, 11) is 3.21. The molecule has 1 fully saturated rings. The average molecular weight is 208 g/mol. The van der Waals surface area contributed by atoms with Crippen LogP contribution in [0.25, 0.3) is 0 Å². The Labute approximate surface area is 88.7 Å². The summed E-state index contributed by atoms with van der Waals surface area (Å²) in [6.07, 6.45) is 0.174. The molecule has 0 saturated carbocycles. The molecule has 1 aromatic rings. The molecule has 0 aromatic heterocycles. The molecule has 0 aliphatic carbocycles. The molecular formula is C11H14NO3-. The molecule has 0 unspecified atom stereocenters. The molecule has 0 N–H and O–H groups in total. The number of hydrogen-bond acceptors (Lipinski definition) is 4. The molecule has 0 spiro atoms. The van der Waals surface area contributed by atoms with Crippen molar-refractivity contribution in [1.82, 2.24) is 5.06 Å². The van der Waals surface area contributed by atoms with Crippen molar-refractivity contribution in [2.24, 2.45) is 0 Å². The molecule has 1 aromatic carbocycles. The third-order valence-corrected chi connectivity index (χ3v) is 2.71. The lowest BCUT2D eigenvalue weighted by molar-refractivity contribution is -0.179. The second-order valence-corrected chi connectivity index (χ2v) is 3.63. The highest BCUT2D eigenvalue weighted by molar-refractivity contribution is 5.74. The summed E-state index contributed by atoms with van der Waals surface area (Å²) in [6, 6.07) is 8.17. The lowest BCUT2D eigenvalue weighted by atomic mass is 10.0. The van der Waals surface area contributed by atoms with Crippen molar-refractivity contribution in [2.45, 2.75) is 18.6 Å². The number of carbonyl (C=O) groups excluding carboxylic acids is 1. The zero-order chi connectivity index (χ0) is 10.8. The number of carbonyl (C=O) groups is 1. The first-order chi connectivity index (χ1) is 7.22. The number of rotatable bonds is 2. The van der Waals surface area contributed by atoms with Gasteiger partial charge in [-0.1, -0.05) is 0 Å². The molecule has 2 rings (SSSR count). The standard InChI is InChI=1S/C11H14NO3/c1-12-9(8-5-3-4-6-8)7-10(15-12)11(13)14-2/h3-6,9-10H,7H2,1-2H3/q-1/t9-,10+/m0/s1. The van der Waals surface area contributed by atoms with Gasteiger partial charge in [0.1, 0.15) is 0 Å². The van der Waals surface area contributed by atoms with Crippen LogP contribution in [0.1, 0.15) is 18.0 Å². The molecule has 0 bridgehead atoms. The zero-order valence-electron chi connectivity index (χ0n) is 8.84. The van der Waals surface area contributed by atoms with Gasteiger partial charge in [0.2, 0.25) is 0 Å². The minimum atomic E-state index is -0.472. The van der Waals surface area contributed by atoms with E-state index in [1.807, 2.05) is 31.3 Å². The van der Waals surface area contributed by atoms with E-state index in [0.717, 1.165) is 0 Å². The summed E-state index contributed by atoms with van der Waals surface area (Å²) < 4.78 is 4.66. The van der Waals surface area contributed by atoms with Crippen LogP contribution in [0.15, 0.2) is 24.3 Å². The van der Waals surface area contributed by atoms with Gasteiger partial charge in [0.15, 0.2) is 6.10 Å². The number of esters is 1. The fourth-order valence-electron chi connectivity index (χ4n) is 1.90. The lowest BCUT2D eigenvalue weighted by Gasteiger charge is -2.20. The average Bonchev–Trinajstić information content (AvgIpc) is 2.84. The van der Waals surface area contributed by atoms with E-state index < -0.39 is 6.10 Å². The van der Waals surface area contributed by atoms with Crippen LogP contribution in [0.3, 0.4) is 0 Å². The van der Waals surface area contributed by atoms with Gasteiger partial charge in [-0.25, -0.2) is 10.9 Å². The highest BCUT2D eigenvalue weighted by Crippen LogP contribution is 2.33. The third-order valence-electron chi connectivity index (χ3n) is 2.71. The van der Waals surface area contributed by atoms with Gasteiger partial charge in [0.05, 0.1) is 7.11 Å². The summed E-state index contributed by atoms with van der Waals surface area (Å²) in [5, 5.41) is 1.72. The Kier molecular flexibility index (Phi) is 2.79. The summed E-state index contributed by atoms with van der Waals surface area (Å²) in [4.78, 5) is 16.7. The Hall–Kier alpha value is -1.26. The van der Waals surface area contributed by atoms with E-state index in [0.29, 0.717) is 6.42 Å². The van der Waals surface area contributed by atoms with Crippen molar-refractivity contribution < 1.29 is 14.4 Å². The number of hydrogen-bond donors (Lipinski definition) is 0. The Bertz CT molecular complexity index is 334. The molecule has 0 radical (unpaired) electrons. The molecule has 1 heterocycles. The number of hydroxylamine groups is 2. The smallest absolute Gasteiger partial charge is 0.337 e. The summed E-state index contributed by atoms with van der Waals surface area (Å²) in [5.74, 6) is -0.309. The maximum absolute atomic E-state index is 11.3. The van der Waals surface area contributed by atoms with Crippen molar-refractivity contribution in [2.75, 3.05) is 14.2 Å². The monoisotopic (exact) mass is 208 g/mol. The Morgan fingerprint density at radius 1 is 1.73 bits per heavy atom. The quantitative estimate of drug-likeness (QED) is 0.541. The number of methoxy groups -OCH3 is 1. The van der Waals surface area contributed by atoms with Gasteiger partial charge in [-0.15, -0.1) is 0 Å². The normalized spacial score (nSPS) is 26.8. The van der Waals surface area contributed by atoms with Crippen LogP contribution < -0.4 is 0 Å². The van der Waals surface area contributed by atoms with Crippen LogP contribution in [-0.4, -0.2) is 31.3 Å². The third kappa shape index (κ3) is 1.91. The first-order valence-electron chi connectivity index (χ1n) is 4.91. The summed E-state index contributed by atoms with van der Waals surface area (Å²) in [6.45, 7) is 0. The molecule has 82 valence electrons. The molecule has 1 aliphatic rings. The summed E-state index contributed by atoms with van der Waals surface area (Å²) in [5.41, 5.74) is 1.17. The second-order valence-electron chi connectivity index (χ2n) is 3.63. The lowest BCUT2D eigenvalue weighted by Crippen LogP contribution is -2.23. The first kappa shape index (κ1) is 10.3. The topological polar surface area (TPSA) is 38.8 Å². The van der Waals surface area contributed by atoms with Crippen molar-refractivity contribution in [1.29, 1.82) is 0 Å². The van der Waals surface area contributed by atoms with Crippen LogP contribution in [0.2, 0.25) is 0 Å². The van der Waals surface area contributed by atoms with E-state index in [2.05, 4.69) is 4.74 Å². The predicted octanol–water partition coefficient (Wildman–Crippen LogP) is 1.26. The van der Waals surface area contributed by atoms with Crippen LogP contribution in [0, 0.1) is 0 Å². The highest BCUT2D eigenvalue weighted by Gasteiger charge is 2.34. The number of ether oxygens (including phenoxy) is 1. The van der Waals surface area contributed by atoms with Gasteiger partial charge in [0.25, 0.3) is 0 Å². The van der Waals surface area contributed by atoms with Crippen LogP contribution >= 0.6 is 0 Å².